The van der Waals surface area contributed by atoms with Crippen molar-refractivity contribution in [2.24, 2.45) is 5.92 Å². The summed E-state index contributed by atoms with van der Waals surface area (Å²) in [5, 5.41) is 8.25. The second-order valence-electron chi connectivity index (χ2n) is 4.69. The molecule has 0 saturated carbocycles. The number of fused-ring (bicyclic) bond motifs is 1. The fraction of sp³-hybridized carbons (Fsp3) is 0.769. The van der Waals surface area contributed by atoms with Gasteiger partial charge in [-0.2, -0.15) is 6.20 Å². The van der Waals surface area contributed by atoms with E-state index in [-0.39, 0.29) is 20.4 Å². The van der Waals surface area contributed by atoms with Crippen molar-refractivity contribution in [3.05, 3.63) is 17.5 Å². The molecule has 3 nitrogen and oxygen atoms in total. The van der Waals surface area contributed by atoms with E-state index in [1.165, 1.54) is 24.2 Å². The summed E-state index contributed by atoms with van der Waals surface area (Å²) in [5.41, 5.74) is 2.52. The van der Waals surface area contributed by atoms with Crippen LogP contribution in [-0.2, 0) is 27.0 Å². The first-order valence-electron chi connectivity index (χ1n) is 6.32. The van der Waals surface area contributed by atoms with Gasteiger partial charge in [0.15, 0.2) is 0 Å². The van der Waals surface area contributed by atoms with Crippen molar-refractivity contribution >= 4 is 0 Å². The van der Waals surface area contributed by atoms with Gasteiger partial charge in [-0.05, 0) is 30.9 Å². The standard InChI is InChI=1S/C11H18N3.C2H6.Re/c1-8-4-9(2)11-10(5-12-13-11)7-14(3)6-8;1-2;/h5,8-9H,4,6-7H2,1-3H3;1-2H3;/q-1;;. The molecule has 0 saturated heterocycles. The molecule has 0 spiro atoms. The van der Waals surface area contributed by atoms with Gasteiger partial charge in [0.05, 0.1) is 0 Å². The van der Waals surface area contributed by atoms with Crippen LogP contribution in [0.1, 0.15) is 51.3 Å². The van der Waals surface area contributed by atoms with E-state index in [4.69, 9.17) is 0 Å². The topological polar surface area (TPSA) is 30.2 Å². The van der Waals surface area contributed by atoms with Crippen LogP contribution in [0.4, 0.5) is 0 Å². The zero-order valence-electron chi connectivity index (χ0n) is 11.6. The number of rotatable bonds is 0. The Labute approximate surface area is 119 Å². The minimum atomic E-state index is 0. The fourth-order valence-electron chi connectivity index (χ4n) is 2.51. The summed E-state index contributed by atoms with van der Waals surface area (Å²) < 4.78 is 0. The number of nitrogens with zero attached hydrogens (tertiary/aromatic N) is 3. The molecule has 4 heteroatoms. The maximum Gasteiger partial charge on any atom is 0.0234 e. The molecule has 17 heavy (non-hydrogen) atoms. The Kier molecular flexibility index (Phi) is 7.95. The number of hydrogen-bond acceptors (Lipinski definition) is 2. The molecule has 0 fully saturated rings. The van der Waals surface area contributed by atoms with Gasteiger partial charge in [-0.15, -0.1) is 0 Å². The molecule has 2 atom stereocenters. The van der Waals surface area contributed by atoms with Crippen LogP contribution >= 0.6 is 0 Å². The van der Waals surface area contributed by atoms with Gasteiger partial charge >= 0.3 is 0 Å². The summed E-state index contributed by atoms with van der Waals surface area (Å²) >= 11 is 0. The minimum absolute atomic E-state index is 0. The Morgan fingerprint density at radius 2 is 2.00 bits per heavy atom. The van der Waals surface area contributed by atoms with Crippen molar-refractivity contribution in [1.82, 2.24) is 15.1 Å². The largest absolute Gasteiger partial charge is 0.581 e. The molecule has 1 aromatic heterocycles. The quantitative estimate of drug-likeness (QED) is 0.661. The molecule has 1 aliphatic rings. The molecule has 2 unspecified atom stereocenters. The molecule has 2 rings (SSSR count). The van der Waals surface area contributed by atoms with Crippen LogP contribution in [0.2, 0.25) is 0 Å². The van der Waals surface area contributed by atoms with Gasteiger partial charge in [-0.1, -0.05) is 27.7 Å². The Morgan fingerprint density at radius 3 is 2.65 bits per heavy atom. The number of hydrogen-bond donors (Lipinski definition) is 0. The molecule has 0 aliphatic carbocycles. The van der Waals surface area contributed by atoms with Crippen LogP contribution in [0.3, 0.4) is 0 Å². The van der Waals surface area contributed by atoms with Crippen LogP contribution < -0.4 is 5.10 Å². The third kappa shape index (κ3) is 4.54. The van der Waals surface area contributed by atoms with Crippen molar-refractivity contribution in [1.29, 1.82) is 0 Å². The van der Waals surface area contributed by atoms with Gasteiger partial charge in [0.25, 0.3) is 0 Å². The smallest absolute Gasteiger partial charge is 0.0234 e. The summed E-state index contributed by atoms with van der Waals surface area (Å²) in [6, 6.07) is 0. The molecular weight excluding hydrogens is 384 g/mol. The molecule has 1 radical (unpaired) electrons. The zero-order chi connectivity index (χ0) is 12.1. The van der Waals surface area contributed by atoms with Crippen LogP contribution in [0, 0.1) is 5.92 Å². The SMILES string of the molecule is CC.CC1CC(C)c2n[n-]cc2CN(C)C1.[Re]. The van der Waals surface area contributed by atoms with Gasteiger partial charge < -0.3 is 15.1 Å². The van der Waals surface area contributed by atoms with Gasteiger partial charge in [0.1, 0.15) is 0 Å². The van der Waals surface area contributed by atoms with Gasteiger partial charge in [-0.3, -0.25) is 0 Å². The predicted octanol–water partition coefficient (Wildman–Crippen LogP) is 2.64. The summed E-state index contributed by atoms with van der Waals surface area (Å²) in [4.78, 5) is 2.36. The number of aromatic nitrogens is 2. The Balaban J connectivity index is 0.000000811. The maximum atomic E-state index is 4.23. The molecule has 1 aliphatic heterocycles. The maximum absolute atomic E-state index is 4.23. The predicted molar refractivity (Wildman–Crippen MR) is 67.4 cm³/mol. The van der Waals surface area contributed by atoms with Gasteiger partial charge in [-0.25, -0.2) is 0 Å². The van der Waals surface area contributed by atoms with E-state index < -0.39 is 0 Å². The first kappa shape index (κ1) is 16.8. The third-order valence-corrected chi connectivity index (χ3v) is 2.99. The summed E-state index contributed by atoms with van der Waals surface area (Å²) in [6.45, 7) is 10.7. The van der Waals surface area contributed by atoms with E-state index in [1.54, 1.807) is 0 Å². The Morgan fingerprint density at radius 1 is 1.35 bits per heavy atom. The Bertz CT molecular complexity index is 311. The van der Waals surface area contributed by atoms with Crippen molar-refractivity contribution in [3.8, 4) is 0 Å². The first-order chi connectivity index (χ1) is 7.66. The second-order valence-corrected chi connectivity index (χ2v) is 4.69. The molecule has 1 aromatic rings. The average Bonchev–Trinajstić information content (AvgIpc) is 2.66. The molecule has 0 amide bonds. The molecule has 0 aromatic carbocycles. The normalized spacial score (nSPS) is 24.5. The van der Waals surface area contributed by atoms with Crippen molar-refractivity contribution in [2.45, 2.75) is 46.6 Å². The third-order valence-electron chi connectivity index (χ3n) is 2.99. The summed E-state index contributed by atoms with van der Waals surface area (Å²) in [5.74, 6) is 1.32. The van der Waals surface area contributed by atoms with Crippen molar-refractivity contribution in [2.75, 3.05) is 13.6 Å². The zero-order valence-corrected chi connectivity index (χ0v) is 14.3. The van der Waals surface area contributed by atoms with Gasteiger partial charge in [0, 0.05) is 39.2 Å². The summed E-state index contributed by atoms with van der Waals surface area (Å²) in [6.07, 6.45) is 3.13. The van der Waals surface area contributed by atoms with E-state index in [0.717, 1.165) is 12.5 Å². The van der Waals surface area contributed by atoms with Gasteiger partial charge in [0.2, 0.25) is 0 Å². The van der Waals surface area contributed by atoms with E-state index in [2.05, 4.69) is 36.0 Å². The van der Waals surface area contributed by atoms with Crippen LogP contribution in [0.25, 0.3) is 0 Å². The van der Waals surface area contributed by atoms with Crippen LogP contribution in [0.15, 0.2) is 6.20 Å². The van der Waals surface area contributed by atoms with E-state index in [0.29, 0.717) is 5.92 Å². The second kappa shape index (κ2) is 8.03. The van der Waals surface area contributed by atoms with E-state index in [1.807, 2.05) is 20.0 Å². The first-order valence-corrected chi connectivity index (χ1v) is 6.32. The monoisotopic (exact) mass is 409 g/mol. The Hall–Kier alpha value is -0.168. The fourth-order valence-corrected chi connectivity index (χ4v) is 2.51. The molecular formula is C13H24N3Re-. The van der Waals surface area contributed by atoms with Crippen LogP contribution in [0.5, 0.6) is 0 Å². The van der Waals surface area contributed by atoms with E-state index >= 15 is 0 Å². The molecule has 2 heterocycles. The minimum Gasteiger partial charge on any atom is -0.581 e. The van der Waals surface area contributed by atoms with Crippen molar-refractivity contribution < 1.29 is 20.4 Å². The average molecular weight is 409 g/mol. The van der Waals surface area contributed by atoms with Crippen molar-refractivity contribution in [3.63, 3.8) is 0 Å². The molecule has 99 valence electrons. The molecule has 0 N–H and O–H groups in total. The van der Waals surface area contributed by atoms with E-state index in [9.17, 15) is 0 Å². The van der Waals surface area contributed by atoms with Crippen LogP contribution in [-0.4, -0.2) is 23.6 Å². The molecule has 0 bridgehead atoms. The summed E-state index contributed by atoms with van der Waals surface area (Å²) in [7, 11) is 2.17.